The number of rotatable bonds is 4. The van der Waals surface area contributed by atoms with Crippen molar-refractivity contribution in [1.82, 2.24) is 0 Å². The molecule has 2 rings (SSSR count). The predicted octanol–water partition coefficient (Wildman–Crippen LogP) is 6.29. The van der Waals surface area contributed by atoms with Crippen LogP contribution in [0.3, 0.4) is 0 Å². The normalized spacial score (nSPS) is 10.7. The highest BCUT2D eigenvalue weighted by Gasteiger charge is 2.15. The van der Waals surface area contributed by atoms with Gasteiger partial charge in [0.25, 0.3) is 0 Å². The number of benzene rings is 2. The van der Waals surface area contributed by atoms with Gasteiger partial charge < -0.3 is 9.47 Å². The Balaban J connectivity index is 2.23. The van der Waals surface area contributed by atoms with Crippen molar-refractivity contribution in [3.63, 3.8) is 0 Å². The van der Waals surface area contributed by atoms with Crippen LogP contribution in [0.15, 0.2) is 43.7 Å². The summed E-state index contributed by atoms with van der Waals surface area (Å²) in [6.07, 6.45) is 0.0606. The fourth-order valence-electron chi connectivity index (χ4n) is 1.95. The fraction of sp³-hybridized carbons (Fsp3) is 0.235. The lowest BCUT2D eigenvalue weighted by atomic mass is 10.2. The summed E-state index contributed by atoms with van der Waals surface area (Å²) in [5.41, 5.74) is 1.31. The quantitative estimate of drug-likeness (QED) is 0.361. The van der Waals surface area contributed by atoms with Crippen molar-refractivity contribution in [3.8, 4) is 11.5 Å². The summed E-state index contributed by atoms with van der Waals surface area (Å²) >= 11 is 10.2. The highest BCUT2D eigenvalue weighted by Crippen LogP contribution is 2.33. The van der Waals surface area contributed by atoms with E-state index in [0.717, 1.165) is 14.5 Å². The Labute approximate surface area is 160 Å². The Morgan fingerprint density at radius 2 is 1.74 bits per heavy atom. The summed E-state index contributed by atoms with van der Waals surface area (Å²) in [5, 5.41) is 0. The van der Waals surface area contributed by atoms with Crippen LogP contribution in [-0.4, -0.2) is 12.1 Å². The lowest BCUT2D eigenvalue weighted by molar-refractivity contribution is 0.0732. The Kier molecular flexibility index (Phi) is 6.28. The SMILES string of the molecule is Cc1cc(Br)cc(Br)c1OC(=O)c1ccc(OC(C)C)c(Br)c1. The fourth-order valence-corrected chi connectivity index (χ4v) is 3.94. The van der Waals surface area contributed by atoms with Crippen molar-refractivity contribution in [2.45, 2.75) is 26.9 Å². The van der Waals surface area contributed by atoms with Crippen LogP contribution >= 0.6 is 47.8 Å². The van der Waals surface area contributed by atoms with E-state index in [0.29, 0.717) is 21.5 Å². The molecule has 122 valence electrons. The first-order chi connectivity index (χ1) is 10.8. The molecule has 23 heavy (non-hydrogen) atoms. The minimum atomic E-state index is -0.423. The molecule has 0 saturated carbocycles. The first-order valence-electron chi connectivity index (χ1n) is 6.92. The number of hydrogen-bond donors (Lipinski definition) is 0. The lowest BCUT2D eigenvalue weighted by Gasteiger charge is -2.13. The first-order valence-corrected chi connectivity index (χ1v) is 9.30. The van der Waals surface area contributed by atoms with Gasteiger partial charge in [-0.05, 0) is 88.5 Å². The summed E-state index contributed by atoms with van der Waals surface area (Å²) in [6, 6.07) is 8.87. The summed E-state index contributed by atoms with van der Waals surface area (Å²) in [5.74, 6) is 0.780. The summed E-state index contributed by atoms with van der Waals surface area (Å²) in [6.45, 7) is 5.78. The van der Waals surface area contributed by atoms with E-state index < -0.39 is 5.97 Å². The van der Waals surface area contributed by atoms with Crippen LogP contribution in [0, 0.1) is 6.92 Å². The van der Waals surface area contributed by atoms with Gasteiger partial charge in [0.2, 0.25) is 0 Å². The zero-order valence-electron chi connectivity index (χ0n) is 12.8. The van der Waals surface area contributed by atoms with E-state index in [1.165, 1.54) is 0 Å². The van der Waals surface area contributed by atoms with Gasteiger partial charge in [0.1, 0.15) is 11.5 Å². The Morgan fingerprint density at radius 3 is 2.30 bits per heavy atom. The molecule has 6 heteroatoms. The monoisotopic (exact) mass is 504 g/mol. The third-order valence-electron chi connectivity index (χ3n) is 2.92. The molecule has 0 spiro atoms. The number of carbonyl (C=O) groups excluding carboxylic acids is 1. The topological polar surface area (TPSA) is 35.5 Å². The molecule has 0 heterocycles. The van der Waals surface area contributed by atoms with Crippen molar-refractivity contribution in [2.75, 3.05) is 0 Å². The van der Waals surface area contributed by atoms with Gasteiger partial charge in [-0.1, -0.05) is 15.9 Å². The van der Waals surface area contributed by atoms with Crippen molar-refractivity contribution < 1.29 is 14.3 Å². The molecular formula is C17H15Br3O3. The van der Waals surface area contributed by atoms with Crippen LogP contribution in [0.5, 0.6) is 11.5 Å². The van der Waals surface area contributed by atoms with Crippen molar-refractivity contribution in [3.05, 3.63) is 54.9 Å². The molecule has 0 bridgehead atoms. The highest BCUT2D eigenvalue weighted by atomic mass is 79.9. The smallest absolute Gasteiger partial charge is 0.343 e. The van der Waals surface area contributed by atoms with E-state index in [9.17, 15) is 4.79 Å². The van der Waals surface area contributed by atoms with E-state index >= 15 is 0 Å². The van der Waals surface area contributed by atoms with Crippen LogP contribution in [0.25, 0.3) is 0 Å². The molecule has 2 aromatic rings. The average molecular weight is 507 g/mol. The Bertz CT molecular complexity index is 719. The Hall–Kier alpha value is -0.850. The van der Waals surface area contributed by atoms with Crippen LogP contribution < -0.4 is 9.47 Å². The molecule has 0 radical (unpaired) electrons. The van der Waals surface area contributed by atoms with Gasteiger partial charge in [-0.3, -0.25) is 0 Å². The molecule has 0 atom stereocenters. The van der Waals surface area contributed by atoms with Crippen LogP contribution in [0.1, 0.15) is 29.8 Å². The average Bonchev–Trinajstić information content (AvgIpc) is 2.44. The van der Waals surface area contributed by atoms with E-state index in [4.69, 9.17) is 9.47 Å². The number of halogens is 3. The zero-order chi connectivity index (χ0) is 17.1. The molecule has 0 unspecified atom stereocenters. The molecule has 0 fully saturated rings. The van der Waals surface area contributed by atoms with E-state index in [2.05, 4.69) is 47.8 Å². The second-order valence-corrected chi connectivity index (χ2v) is 7.86. The number of carbonyl (C=O) groups is 1. The maximum absolute atomic E-state index is 12.4. The van der Waals surface area contributed by atoms with E-state index in [-0.39, 0.29) is 6.10 Å². The molecule has 0 aliphatic heterocycles. The standard InChI is InChI=1S/C17H15Br3O3/c1-9(2)22-15-5-4-11(7-13(15)19)17(21)23-16-10(3)6-12(18)8-14(16)20/h4-9H,1-3H3. The minimum absolute atomic E-state index is 0.0606. The number of esters is 1. The molecule has 2 aromatic carbocycles. The highest BCUT2D eigenvalue weighted by molar-refractivity contribution is 9.11. The summed E-state index contributed by atoms with van der Waals surface area (Å²) < 4.78 is 13.5. The Morgan fingerprint density at radius 1 is 1.04 bits per heavy atom. The largest absolute Gasteiger partial charge is 0.490 e. The lowest BCUT2D eigenvalue weighted by Crippen LogP contribution is -2.11. The van der Waals surface area contributed by atoms with Gasteiger partial charge in [-0.25, -0.2) is 4.79 Å². The molecule has 0 aliphatic rings. The van der Waals surface area contributed by atoms with Gasteiger partial charge in [0.15, 0.2) is 0 Å². The van der Waals surface area contributed by atoms with Gasteiger partial charge in [0.05, 0.1) is 20.6 Å². The third kappa shape index (κ3) is 4.81. The van der Waals surface area contributed by atoms with E-state index in [1.807, 2.05) is 32.9 Å². The molecule has 3 nitrogen and oxygen atoms in total. The molecule has 0 N–H and O–H groups in total. The third-order valence-corrected chi connectivity index (χ3v) is 4.59. The molecule has 0 saturated heterocycles. The van der Waals surface area contributed by atoms with Crippen LogP contribution in [-0.2, 0) is 0 Å². The minimum Gasteiger partial charge on any atom is -0.490 e. The maximum atomic E-state index is 12.4. The van der Waals surface area contributed by atoms with Gasteiger partial charge in [-0.2, -0.15) is 0 Å². The maximum Gasteiger partial charge on any atom is 0.343 e. The van der Waals surface area contributed by atoms with Gasteiger partial charge in [0, 0.05) is 4.47 Å². The molecule has 0 aromatic heterocycles. The summed E-state index contributed by atoms with van der Waals surface area (Å²) in [7, 11) is 0. The predicted molar refractivity (Wildman–Crippen MR) is 101 cm³/mol. The zero-order valence-corrected chi connectivity index (χ0v) is 17.6. The van der Waals surface area contributed by atoms with Crippen molar-refractivity contribution in [1.29, 1.82) is 0 Å². The molecular weight excluding hydrogens is 492 g/mol. The van der Waals surface area contributed by atoms with E-state index in [1.54, 1.807) is 18.2 Å². The second kappa shape index (κ2) is 7.81. The molecule has 0 aliphatic carbocycles. The van der Waals surface area contributed by atoms with Crippen LogP contribution in [0.2, 0.25) is 0 Å². The number of aryl methyl sites for hydroxylation is 1. The first kappa shape index (κ1) is 18.5. The van der Waals surface area contributed by atoms with Gasteiger partial charge in [-0.15, -0.1) is 0 Å². The van der Waals surface area contributed by atoms with Crippen molar-refractivity contribution >= 4 is 53.8 Å². The summed E-state index contributed by atoms with van der Waals surface area (Å²) in [4.78, 5) is 12.4. The molecule has 0 amide bonds. The second-order valence-electron chi connectivity index (χ2n) is 5.23. The van der Waals surface area contributed by atoms with Crippen molar-refractivity contribution in [2.24, 2.45) is 0 Å². The van der Waals surface area contributed by atoms with Gasteiger partial charge >= 0.3 is 5.97 Å². The number of hydrogen-bond acceptors (Lipinski definition) is 3. The number of ether oxygens (including phenoxy) is 2. The van der Waals surface area contributed by atoms with Crippen LogP contribution in [0.4, 0.5) is 0 Å².